The third-order valence-electron chi connectivity index (χ3n) is 5.41. The minimum atomic E-state index is -0.422. The number of hydrogen-bond donors (Lipinski definition) is 0. The van der Waals surface area contributed by atoms with Crippen LogP contribution in [0.25, 0.3) is 11.8 Å². The second-order valence-electron chi connectivity index (χ2n) is 7.60. The zero-order valence-electron chi connectivity index (χ0n) is 18.3. The van der Waals surface area contributed by atoms with Crippen molar-refractivity contribution in [2.45, 2.75) is 20.4 Å². The SMILES string of the molecule is COC(=O)c1cccc(-n2c(C)cc(/C=C3/SC(=O)N(Cc4ccc(F)cc4)C3=O)c2C)c1. The van der Waals surface area contributed by atoms with E-state index >= 15 is 0 Å². The fraction of sp³-hybridized carbons (Fsp3) is 0.160. The van der Waals surface area contributed by atoms with Crippen LogP contribution in [0.1, 0.15) is 32.9 Å². The number of nitrogens with zero attached hydrogens (tertiary/aromatic N) is 2. The largest absolute Gasteiger partial charge is 0.465 e. The smallest absolute Gasteiger partial charge is 0.337 e. The van der Waals surface area contributed by atoms with Gasteiger partial charge in [0.15, 0.2) is 0 Å². The predicted octanol–water partition coefficient (Wildman–Crippen LogP) is 5.26. The summed E-state index contributed by atoms with van der Waals surface area (Å²) >= 11 is 0.882. The van der Waals surface area contributed by atoms with Crippen molar-refractivity contribution in [2.24, 2.45) is 0 Å². The van der Waals surface area contributed by atoms with Crippen molar-refractivity contribution in [3.8, 4) is 5.69 Å². The van der Waals surface area contributed by atoms with E-state index in [2.05, 4.69) is 0 Å². The van der Waals surface area contributed by atoms with E-state index in [-0.39, 0.29) is 23.5 Å². The summed E-state index contributed by atoms with van der Waals surface area (Å²) in [5, 5.41) is -0.366. The molecule has 6 nitrogen and oxygen atoms in total. The molecule has 2 aromatic carbocycles. The van der Waals surface area contributed by atoms with Gasteiger partial charge in [-0.05, 0) is 79.2 Å². The number of amides is 2. The summed E-state index contributed by atoms with van der Waals surface area (Å²) in [4.78, 5) is 38.8. The lowest BCUT2D eigenvalue weighted by atomic mass is 10.2. The molecule has 1 aliphatic rings. The minimum absolute atomic E-state index is 0.0849. The molecule has 168 valence electrons. The Morgan fingerprint density at radius 1 is 1.09 bits per heavy atom. The van der Waals surface area contributed by atoms with Crippen LogP contribution in [-0.2, 0) is 16.1 Å². The van der Waals surface area contributed by atoms with Crippen LogP contribution < -0.4 is 0 Å². The van der Waals surface area contributed by atoms with Gasteiger partial charge in [-0.1, -0.05) is 18.2 Å². The number of aryl methyl sites for hydroxylation is 1. The van der Waals surface area contributed by atoms with Crippen LogP contribution in [0.2, 0.25) is 0 Å². The second-order valence-corrected chi connectivity index (χ2v) is 8.59. The quantitative estimate of drug-likeness (QED) is 0.381. The van der Waals surface area contributed by atoms with Gasteiger partial charge >= 0.3 is 5.97 Å². The predicted molar refractivity (Wildman–Crippen MR) is 124 cm³/mol. The van der Waals surface area contributed by atoms with E-state index < -0.39 is 5.97 Å². The van der Waals surface area contributed by atoms with Crippen molar-refractivity contribution in [3.05, 3.63) is 93.4 Å². The fourth-order valence-corrected chi connectivity index (χ4v) is 4.60. The molecule has 0 spiro atoms. The number of halogens is 1. The fourth-order valence-electron chi connectivity index (χ4n) is 3.77. The van der Waals surface area contributed by atoms with Gasteiger partial charge in [0, 0.05) is 17.1 Å². The number of rotatable bonds is 5. The zero-order chi connectivity index (χ0) is 23.7. The number of esters is 1. The Kier molecular flexibility index (Phi) is 6.20. The topological polar surface area (TPSA) is 68.6 Å². The third kappa shape index (κ3) is 4.47. The number of thioether (sulfide) groups is 1. The maximum atomic E-state index is 13.1. The first kappa shape index (κ1) is 22.5. The molecule has 1 saturated heterocycles. The molecular formula is C25H21FN2O4S. The van der Waals surface area contributed by atoms with Gasteiger partial charge in [0.25, 0.3) is 11.1 Å². The summed E-state index contributed by atoms with van der Waals surface area (Å²) in [5.41, 5.74) is 4.46. The number of methoxy groups -OCH3 is 1. The molecule has 33 heavy (non-hydrogen) atoms. The lowest BCUT2D eigenvalue weighted by molar-refractivity contribution is -0.123. The molecule has 0 N–H and O–H groups in total. The highest BCUT2D eigenvalue weighted by atomic mass is 32.2. The number of ether oxygens (including phenoxy) is 1. The van der Waals surface area contributed by atoms with E-state index in [1.807, 2.05) is 30.5 Å². The van der Waals surface area contributed by atoms with Crippen molar-refractivity contribution >= 4 is 35.0 Å². The van der Waals surface area contributed by atoms with Crippen molar-refractivity contribution in [1.82, 2.24) is 9.47 Å². The highest BCUT2D eigenvalue weighted by Gasteiger charge is 2.35. The Balaban J connectivity index is 1.62. The Hall–Kier alpha value is -3.65. The van der Waals surface area contributed by atoms with E-state index in [1.165, 1.54) is 19.2 Å². The molecule has 8 heteroatoms. The van der Waals surface area contributed by atoms with Gasteiger partial charge in [-0.25, -0.2) is 9.18 Å². The van der Waals surface area contributed by atoms with Crippen molar-refractivity contribution in [3.63, 3.8) is 0 Å². The Bertz CT molecular complexity index is 1290. The first-order valence-corrected chi connectivity index (χ1v) is 11.0. The Morgan fingerprint density at radius 3 is 2.52 bits per heavy atom. The van der Waals surface area contributed by atoms with Gasteiger partial charge in [-0.3, -0.25) is 14.5 Å². The molecule has 4 rings (SSSR count). The van der Waals surface area contributed by atoms with E-state index in [0.717, 1.165) is 39.3 Å². The number of benzene rings is 2. The molecule has 1 aromatic heterocycles. The highest BCUT2D eigenvalue weighted by Crippen LogP contribution is 2.34. The number of carbonyl (C=O) groups excluding carboxylic acids is 3. The van der Waals surface area contributed by atoms with Crippen LogP contribution in [0, 0.1) is 19.7 Å². The normalized spacial score (nSPS) is 14.9. The third-order valence-corrected chi connectivity index (χ3v) is 6.32. The van der Waals surface area contributed by atoms with Gasteiger partial charge < -0.3 is 9.30 Å². The second kappa shape index (κ2) is 9.07. The first-order chi connectivity index (χ1) is 15.8. The van der Waals surface area contributed by atoms with Gasteiger partial charge in [-0.2, -0.15) is 0 Å². The van der Waals surface area contributed by atoms with Crippen LogP contribution >= 0.6 is 11.8 Å². The molecule has 1 aliphatic heterocycles. The maximum Gasteiger partial charge on any atom is 0.337 e. The Labute approximate surface area is 194 Å². The van der Waals surface area contributed by atoms with E-state index in [0.29, 0.717) is 16.0 Å². The molecule has 0 bridgehead atoms. The first-order valence-electron chi connectivity index (χ1n) is 10.2. The average molecular weight is 465 g/mol. The minimum Gasteiger partial charge on any atom is -0.465 e. The Morgan fingerprint density at radius 2 is 1.82 bits per heavy atom. The molecule has 0 radical (unpaired) electrons. The molecule has 0 aliphatic carbocycles. The van der Waals surface area contributed by atoms with Gasteiger partial charge in [-0.15, -0.1) is 0 Å². The van der Waals surface area contributed by atoms with Crippen molar-refractivity contribution in [1.29, 1.82) is 0 Å². The van der Waals surface area contributed by atoms with Crippen LogP contribution in [0.4, 0.5) is 9.18 Å². The van der Waals surface area contributed by atoms with Crippen molar-refractivity contribution in [2.75, 3.05) is 7.11 Å². The molecule has 2 amide bonds. The zero-order valence-corrected chi connectivity index (χ0v) is 19.1. The lowest BCUT2D eigenvalue weighted by Gasteiger charge is -2.12. The van der Waals surface area contributed by atoms with Crippen molar-refractivity contribution < 1.29 is 23.5 Å². The number of carbonyl (C=O) groups is 3. The van der Waals surface area contributed by atoms with E-state index in [4.69, 9.17) is 4.74 Å². The van der Waals surface area contributed by atoms with E-state index in [9.17, 15) is 18.8 Å². The molecule has 1 fully saturated rings. The maximum absolute atomic E-state index is 13.1. The summed E-state index contributed by atoms with van der Waals surface area (Å²) in [6.07, 6.45) is 1.71. The molecule has 0 atom stereocenters. The monoisotopic (exact) mass is 464 g/mol. The van der Waals surface area contributed by atoms with Gasteiger partial charge in [0.2, 0.25) is 0 Å². The molecule has 2 heterocycles. The summed E-state index contributed by atoms with van der Waals surface area (Å²) in [5.74, 6) is -1.18. The molecule has 0 saturated carbocycles. The summed E-state index contributed by atoms with van der Waals surface area (Å²) in [7, 11) is 1.34. The standard InChI is InChI=1S/C25H21FN2O4S/c1-15-11-19(16(2)28(15)21-6-4-5-18(12-21)24(30)32-3)13-22-23(29)27(25(31)33-22)14-17-7-9-20(26)10-8-17/h4-13H,14H2,1-3H3/b22-13+. The van der Waals surface area contributed by atoms with Crippen LogP contribution in [0.3, 0.4) is 0 Å². The molecular weight excluding hydrogens is 443 g/mol. The molecule has 3 aromatic rings. The lowest BCUT2D eigenvalue weighted by Crippen LogP contribution is -2.27. The van der Waals surface area contributed by atoms with E-state index in [1.54, 1.807) is 36.4 Å². The van der Waals surface area contributed by atoms with Crippen LogP contribution in [-0.4, -0.2) is 33.7 Å². The number of imide groups is 1. The molecule has 0 unspecified atom stereocenters. The van der Waals surface area contributed by atoms with Crippen LogP contribution in [0.15, 0.2) is 59.5 Å². The summed E-state index contributed by atoms with van der Waals surface area (Å²) in [6.45, 7) is 3.92. The van der Waals surface area contributed by atoms with Gasteiger partial charge in [0.1, 0.15) is 5.82 Å². The number of hydrogen-bond acceptors (Lipinski definition) is 5. The van der Waals surface area contributed by atoms with Gasteiger partial charge in [0.05, 0.1) is 24.1 Å². The highest BCUT2D eigenvalue weighted by molar-refractivity contribution is 8.18. The average Bonchev–Trinajstić information content (AvgIpc) is 3.23. The van der Waals surface area contributed by atoms with Crippen LogP contribution in [0.5, 0.6) is 0 Å². The summed E-state index contributed by atoms with van der Waals surface area (Å²) < 4.78 is 19.9. The number of aromatic nitrogens is 1. The summed E-state index contributed by atoms with van der Waals surface area (Å²) in [6, 6.07) is 14.7.